The highest BCUT2D eigenvalue weighted by Crippen LogP contribution is 2.47. The molecule has 2 aliphatic rings. The molecule has 1 aromatic heterocycles. The molecule has 2 heterocycles. The Bertz CT molecular complexity index is 663. The van der Waals surface area contributed by atoms with E-state index in [1.54, 1.807) is 10.4 Å². The van der Waals surface area contributed by atoms with Crippen LogP contribution in [0.15, 0.2) is 12.7 Å². The average molecular weight is 338 g/mol. The summed E-state index contributed by atoms with van der Waals surface area (Å²) in [6, 6.07) is 0. The van der Waals surface area contributed by atoms with Crippen LogP contribution >= 0.6 is 0 Å². The first kappa shape index (κ1) is 16.6. The molecule has 2 atom stereocenters. The fourth-order valence-electron chi connectivity index (χ4n) is 3.38. The molecule has 1 aromatic rings. The Kier molecular flexibility index (Phi) is 4.60. The molecular weight excluding hydrogens is 312 g/mol. The van der Waals surface area contributed by atoms with Gasteiger partial charge in [0.2, 0.25) is 10.0 Å². The quantitative estimate of drug-likeness (QED) is 0.774. The molecule has 0 amide bonds. The van der Waals surface area contributed by atoms with Gasteiger partial charge in [-0.15, -0.1) is 6.58 Å². The lowest BCUT2D eigenvalue weighted by atomic mass is 9.91. The first-order valence-corrected chi connectivity index (χ1v) is 10.0. The number of H-pyrrole nitrogens is 1. The summed E-state index contributed by atoms with van der Waals surface area (Å²) in [7, 11) is -3.21. The van der Waals surface area contributed by atoms with Gasteiger partial charge >= 0.3 is 0 Å². The summed E-state index contributed by atoms with van der Waals surface area (Å²) < 4.78 is 26.7. The van der Waals surface area contributed by atoms with Gasteiger partial charge in [-0.3, -0.25) is 5.10 Å². The first-order chi connectivity index (χ1) is 10.9. The molecule has 6 nitrogen and oxygen atoms in total. The van der Waals surface area contributed by atoms with Crippen molar-refractivity contribution in [2.45, 2.75) is 44.9 Å². The van der Waals surface area contributed by atoms with Gasteiger partial charge in [0.15, 0.2) is 5.82 Å². The molecule has 7 heteroatoms. The van der Waals surface area contributed by atoms with Crippen LogP contribution < -0.4 is 0 Å². The van der Waals surface area contributed by atoms with E-state index in [1.807, 2.05) is 0 Å². The van der Waals surface area contributed by atoms with E-state index in [0.29, 0.717) is 31.3 Å². The lowest BCUT2D eigenvalue weighted by Crippen LogP contribution is -2.31. The molecule has 23 heavy (non-hydrogen) atoms. The van der Waals surface area contributed by atoms with E-state index in [2.05, 4.69) is 35.6 Å². The van der Waals surface area contributed by atoms with E-state index in [1.165, 1.54) is 12.8 Å². The fraction of sp³-hybridized carbons (Fsp3) is 0.750. The minimum absolute atomic E-state index is 0.140. The number of rotatable bonds is 7. The number of hydrogen-bond acceptors (Lipinski definition) is 4. The molecule has 0 aromatic carbocycles. The molecule has 1 N–H and O–H groups in total. The predicted molar refractivity (Wildman–Crippen MR) is 89.6 cm³/mol. The van der Waals surface area contributed by atoms with Crippen LogP contribution in [0.5, 0.6) is 0 Å². The number of aromatic nitrogens is 3. The molecule has 0 unspecified atom stereocenters. The SMILES string of the molecule is C=CCCS(=O)(=O)N1C[C@@H](c2nc(C(C)C)n[nH]2)[C@H](C2CC2)C1. The van der Waals surface area contributed by atoms with E-state index in [0.717, 1.165) is 11.6 Å². The van der Waals surface area contributed by atoms with Crippen LogP contribution in [0.25, 0.3) is 0 Å². The standard InChI is InChI=1S/C16H26N4O2S/c1-4-5-8-23(21,22)20-9-13(12-6-7-12)14(10-20)16-17-15(11(2)3)18-19-16/h4,11-14H,1,5-10H2,2-3H3,(H,17,18,19)/t13-,14+/m0/s1. The van der Waals surface area contributed by atoms with E-state index >= 15 is 0 Å². The molecule has 1 aliphatic carbocycles. The van der Waals surface area contributed by atoms with Crippen molar-refractivity contribution in [3.63, 3.8) is 0 Å². The molecule has 3 rings (SSSR count). The molecule has 1 aliphatic heterocycles. The zero-order valence-electron chi connectivity index (χ0n) is 13.9. The van der Waals surface area contributed by atoms with Crippen molar-refractivity contribution < 1.29 is 8.42 Å². The molecule has 0 spiro atoms. The summed E-state index contributed by atoms with van der Waals surface area (Å²) in [5.74, 6) is 3.21. The summed E-state index contributed by atoms with van der Waals surface area (Å²) in [6.45, 7) is 8.88. The van der Waals surface area contributed by atoms with Crippen LogP contribution in [-0.4, -0.2) is 46.7 Å². The molecular formula is C16H26N4O2S. The second-order valence-corrected chi connectivity index (χ2v) is 9.14. The highest BCUT2D eigenvalue weighted by atomic mass is 32.2. The van der Waals surface area contributed by atoms with Crippen molar-refractivity contribution in [3.8, 4) is 0 Å². The van der Waals surface area contributed by atoms with Gasteiger partial charge in [0.25, 0.3) is 0 Å². The van der Waals surface area contributed by atoms with Gasteiger partial charge < -0.3 is 0 Å². The van der Waals surface area contributed by atoms with Crippen LogP contribution in [0.1, 0.15) is 56.6 Å². The number of aromatic amines is 1. The third-order valence-electron chi connectivity index (χ3n) is 4.92. The zero-order valence-corrected chi connectivity index (χ0v) is 14.7. The lowest BCUT2D eigenvalue weighted by molar-refractivity contribution is 0.423. The molecule has 1 saturated carbocycles. The number of hydrogen-bond donors (Lipinski definition) is 1. The van der Waals surface area contributed by atoms with Crippen molar-refractivity contribution in [2.24, 2.45) is 11.8 Å². The minimum Gasteiger partial charge on any atom is -0.263 e. The van der Waals surface area contributed by atoms with Gasteiger partial charge in [0.05, 0.1) is 5.75 Å². The van der Waals surface area contributed by atoms with Crippen LogP contribution in [0.4, 0.5) is 0 Å². The molecule has 128 valence electrons. The summed E-state index contributed by atoms with van der Waals surface area (Å²) in [4.78, 5) is 4.63. The van der Waals surface area contributed by atoms with Crippen LogP contribution in [0.3, 0.4) is 0 Å². The number of nitrogens with one attached hydrogen (secondary N) is 1. The van der Waals surface area contributed by atoms with Gasteiger partial charge in [-0.25, -0.2) is 17.7 Å². The minimum atomic E-state index is -3.21. The summed E-state index contributed by atoms with van der Waals surface area (Å²) in [5.41, 5.74) is 0. The highest BCUT2D eigenvalue weighted by molar-refractivity contribution is 7.89. The second-order valence-electron chi connectivity index (χ2n) is 7.05. The third kappa shape index (κ3) is 3.50. The molecule has 2 fully saturated rings. The fourth-order valence-corrected chi connectivity index (χ4v) is 4.89. The normalized spacial score (nSPS) is 26.0. The van der Waals surface area contributed by atoms with Gasteiger partial charge in [-0.1, -0.05) is 19.9 Å². The maximum atomic E-state index is 12.5. The van der Waals surface area contributed by atoms with Crippen molar-refractivity contribution in [1.82, 2.24) is 19.5 Å². The van der Waals surface area contributed by atoms with Gasteiger partial charge in [0.1, 0.15) is 5.82 Å². The lowest BCUT2D eigenvalue weighted by Gasteiger charge is -2.15. The Labute approximate surface area is 138 Å². The van der Waals surface area contributed by atoms with Crippen LogP contribution in [-0.2, 0) is 10.0 Å². The summed E-state index contributed by atoms with van der Waals surface area (Å²) in [5, 5.41) is 7.35. The van der Waals surface area contributed by atoms with E-state index < -0.39 is 10.0 Å². The number of allylic oxidation sites excluding steroid dienone is 1. The van der Waals surface area contributed by atoms with Crippen molar-refractivity contribution in [1.29, 1.82) is 0 Å². The Hall–Kier alpha value is -1.21. The Balaban J connectivity index is 1.80. The Morgan fingerprint density at radius 1 is 1.39 bits per heavy atom. The molecule has 0 radical (unpaired) electrons. The van der Waals surface area contributed by atoms with Gasteiger partial charge in [-0.2, -0.15) is 5.10 Å². The van der Waals surface area contributed by atoms with Crippen molar-refractivity contribution in [3.05, 3.63) is 24.3 Å². The molecule has 1 saturated heterocycles. The topological polar surface area (TPSA) is 79.0 Å². The zero-order chi connectivity index (χ0) is 16.6. The highest BCUT2D eigenvalue weighted by Gasteiger charge is 2.47. The largest absolute Gasteiger partial charge is 0.263 e. The number of nitrogens with zero attached hydrogens (tertiary/aromatic N) is 3. The Morgan fingerprint density at radius 2 is 2.13 bits per heavy atom. The maximum Gasteiger partial charge on any atom is 0.214 e. The van der Waals surface area contributed by atoms with Crippen molar-refractivity contribution in [2.75, 3.05) is 18.8 Å². The second kappa shape index (κ2) is 6.36. The van der Waals surface area contributed by atoms with Crippen LogP contribution in [0, 0.1) is 11.8 Å². The van der Waals surface area contributed by atoms with Gasteiger partial charge in [-0.05, 0) is 31.1 Å². The monoisotopic (exact) mass is 338 g/mol. The third-order valence-corrected chi connectivity index (χ3v) is 6.76. The van der Waals surface area contributed by atoms with Crippen molar-refractivity contribution >= 4 is 10.0 Å². The van der Waals surface area contributed by atoms with Crippen LogP contribution in [0.2, 0.25) is 0 Å². The van der Waals surface area contributed by atoms with E-state index in [9.17, 15) is 8.42 Å². The number of sulfonamides is 1. The summed E-state index contributed by atoms with van der Waals surface area (Å²) >= 11 is 0. The average Bonchev–Trinajstić information content (AvgIpc) is 3.05. The predicted octanol–water partition coefficient (Wildman–Crippen LogP) is 2.26. The van der Waals surface area contributed by atoms with E-state index in [4.69, 9.17) is 0 Å². The van der Waals surface area contributed by atoms with E-state index in [-0.39, 0.29) is 17.6 Å². The van der Waals surface area contributed by atoms with Gasteiger partial charge in [0, 0.05) is 24.9 Å². The molecule has 0 bridgehead atoms. The maximum absolute atomic E-state index is 12.5. The first-order valence-electron chi connectivity index (χ1n) is 8.43. The summed E-state index contributed by atoms with van der Waals surface area (Å²) in [6.07, 6.45) is 4.56. The Morgan fingerprint density at radius 3 is 2.70 bits per heavy atom. The smallest absolute Gasteiger partial charge is 0.214 e.